The van der Waals surface area contributed by atoms with E-state index in [1.165, 1.54) is 17.7 Å². The maximum Gasteiger partial charge on any atom is 0.252 e. The van der Waals surface area contributed by atoms with E-state index in [1.807, 2.05) is 18.7 Å². The Morgan fingerprint density at radius 2 is 1.95 bits per heavy atom. The Labute approximate surface area is 127 Å². The van der Waals surface area contributed by atoms with Crippen molar-refractivity contribution in [3.05, 3.63) is 22.8 Å². The second-order valence-electron chi connectivity index (χ2n) is 5.00. The number of piperazine rings is 1. The Morgan fingerprint density at radius 3 is 2.48 bits per heavy atom. The molecule has 0 bridgehead atoms. The van der Waals surface area contributed by atoms with Gasteiger partial charge in [-0.2, -0.15) is 14.4 Å². The number of rotatable bonds is 3. The molecule has 0 radical (unpaired) electrons. The molecule has 2 aromatic heterocycles. The van der Waals surface area contributed by atoms with Crippen molar-refractivity contribution in [2.24, 2.45) is 0 Å². The summed E-state index contributed by atoms with van der Waals surface area (Å²) in [7, 11) is -3.38. The highest BCUT2D eigenvalue weighted by atomic mass is 32.2. The number of thiophene rings is 1. The van der Waals surface area contributed by atoms with E-state index in [9.17, 15) is 8.42 Å². The summed E-state index contributed by atoms with van der Waals surface area (Å²) in [6.07, 6.45) is 1.45. The van der Waals surface area contributed by atoms with Crippen LogP contribution in [0.25, 0.3) is 0 Å². The number of aryl methyl sites for hydroxylation is 2. The number of hydrogen-bond acceptors (Lipinski definition) is 6. The lowest BCUT2D eigenvalue weighted by Crippen LogP contribution is -2.48. The highest BCUT2D eigenvalue weighted by Gasteiger charge is 2.30. The summed E-state index contributed by atoms with van der Waals surface area (Å²) in [6.45, 7) is 6.02. The van der Waals surface area contributed by atoms with E-state index in [-0.39, 0.29) is 0 Å². The number of sulfonamides is 1. The molecule has 3 rings (SSSR count). The lowest BCUT2D eigenvalue weighted by Gasteiger charge is -2.33. The van der Waals surface area contributed by atoms with Crippen molar-refractivity contribution in [2.45, 2.75) is 18.1 Å². The van der Waals surface area contributed by atoms with Crippen LogP contribution in [0.2, 0.25) is 0 Å². The van der Waals surface area contributed by atoms with Crippen LogP contribution in [-0.4, -0.2) is 54.1 Å². The Kier molecular flexibility index (Phi) is 3.72. The molecule has 0 spiro atoms. The maximum atomic E-state index is 12.6. The number of aromatic nitrogens is 3. The quantitative estimate of drug-likeness (QED) is 0.909. The zero-order chi connectivity index (χ0) is 15.0. The molecule has 1 aliphatic rings. The number of aromatic amines is 1. The molecule has 1 N–H and O–H groups in total. The standard InChI is InChI=1S/C12H17N5O2S2/c1-9-7-11(20-10(9)2)21(18,19)17-5-3-16(4-6-17)12-13-8-14-15-12/h7-8H,3-6H2,1-2H3,(H,13,14,15). The number of anilines is 1. The van der Waals surface area contributed by atoms with Gasteiger partial charge in [-0.3, -0.25) is 0 Å². The van der Waals surface area contributed by atoms with Crippen molar-refractivity contribution >= 4 is 27.3 Å². The van der Waals surface area contributed by atoms with Crippen molar-refractivity contribution in [1.29, 1.82) is 0 Å². The first-order valence-corrected chi connectivity index (χ1v) is 8.91. The van der Waals surface area contributed by atoms with Gasteiger partial charge in [-0.05, 0) is 25.5 Å². The van der Waals surface area contributed by atoms with Gasteiger partial charge in [-0.15, -0.1) is 11.3 Å². The minimum absolute atomic E-state index is 0.436. The van der Waals surface area contributed by atoms with Gasteiger partial charge in [0, 0.05) is 31.1 Å². The van der Waals surface area contributed by atoms with Gasteiger partial charge in [0.25, 0.3) is 10.0 Å². The third-order valence-electron chi connectivity index (χ3n) is 3.68. The molecule has 2 aromatic rings. The summed E-state index contributed by atoms with van der Waals surface area (Å²) < 4.78 is 27.2. The molecule has 9 heteroatoms. The zero-order valence-electron chi connectivity index (χ0n) is 11.9. The van der Waals surface area contributed by atoms with E-state index in [2.05, 4.69) is 15.2 Å². The average molecular weight is 327 g/mol. The first-order valence-electron chi connectivity index (χ1n) is 6.66. The molecule has 1 fully saturated rings. The molecule has 0 amide bonds. The Bertz CT molecular complexity index is 695. The van der Waals surface area contributed by atoms with Gasteiger partial charge < -0.3 is 4.90 Å². The smallest absolute Gasteiger partial charge is 0.252 e. The highest BCUT2D eigenvalue weighted by molar-refractivity contribution is 7.91. The van der Waals surface area contributed by atoms with E-state index in [1.54, 1.807) is 10.4 Å². The van der Waals surface area contributed by atoms with Crippen LogP contribution in [0.15, 0.2) is 16.6 Å². The fraction of sp³-hybridized carbons (Fsp3) is 0.500. The molecule has 0 saturated carbocycles. The summed E-state index contributed by atoms with van der Waals surface area (Å²) >= 11 is 1.34. The zero-order valence-corrected chi connectivity index (χ0v) is 13.5. The highest BCUT2D eigenvalue weighted by Crippen LogP contribution is 2.28. The van der Waals surface area contributed by atoms with Crippen LogP contribution in [0.4, 0.5) is 5.95 Å². The number of hydrogen-bond donors (Lipinski definition) is 1. The van der Waals surface area contributed by atoms with E-state index < -0.39 is 10.0 Å². The summed E-state index contributed by atoms with van der Waals surface area (Å²) in [5.74, 6) is 0.690. The summed E-state index contributed by atoms with van der Waals surface area (Å²) in [4.78, 5) is 7.15. The molecule has 7 nitrogen and oxygen atoms in total. The van der Waals surface area contributed by atoms with Crippen molar-refractivity contribution in [3.8, 4) is 0 Å². The largest absolute Gasteiger partial charge is 0.339 e. The first kappa shape index (κ1) is 14.5. The van der Waals surface area contributed by atoms with Crippen molar-refractivity contribution < 1.29 is 8.42 Å². The van der Waals surface area contributed by atoms with Gasteiger partial charge >= 0.3 is 0 Å². The van der Waals surface area contributed by atoms with Gasteiger partial charge in [0.05, 0.1) is 0 Å². The maximum absolute atomic E-state index is 12.6. The van der Waals surface area contributed by atoms with Gasteiger partial charge in [0.2, 0.25) is 5.95 Å². The third-order valence-corrected chi connectivity index (χ3v) is 7.18. The van der Waals surface area contributed by atoms with Crippen LogP contribution in [0.3, 0.4) is 0 Å². The Morgan fingerprint density at radius 1 is 1.24 bits per heavy atom. The van der Waals surface area contributed by atoms with Gasteiger partial charge in [-0.25, -0.2) is 13.5 Å². The molecule has 1 aliphatic heterocycles. The summed E-state index contributed by atoms with van der Waals surface area (Å²) in [5, 5.41) is 6.62. The Balaban J connectivity index is 1.74. The van der Waals surface area contributed by atoms with Gasteiger partial charge in [0.15, 0.2) is 0 Å². The molecule has 114 valence electrons. The minimum Gasteiger partial charge on any atom is -0.339 e. The molecule has 1 saturated heterocycles. The molecule has 0 aromatic carbocycles. The van der Waals surface area contributed by atoms with Crippen LogP contribution in [0, 0.1) is 13.8 Å². The second kappa shape index (κ2) is 5.39. The molecule has 0 unspecified atom stereocenters. The van der Waals surface area contributed by atoms with Crippen LogP contribution in [0.5, 0.6) is 0 Å². The van der Waals surface area contributed by atoms with Crippen LogP contribution in [0.1, 0.15) is 10.4 Å². The fourth-order valence-corrected chi connectivity index (χ4v) is 5.38. The summed E-state index contributed by atoms with van der Waals surface area (Å²) in [5.41, 5.74) is 1.03. The summed E-state index contributed by atoms with van der Waals surface area (Å²) in [6, 6.07) is 1.76. The predicted octanol–water partition coefficient (Wildman–Crippen LogP) is 0.994. The number of H-pyrrole nitrogens is 1. The minimum atomic E-state index is -3.38. The van der Waals surface area contributed by atoms with Crippen molar-refractivity contribution in [3.63, 3.8) is 0 Å². The molecule has 0 atom stereocenters. The molecular weight excluding hydrogens is 310 g/mol. The number of nitrogens with one attached hydrogen (secondary N) is 1. The first-order chi connectivity index (χ1) is 9.98. The molecule has 3 heterocycles. The van der Waals surface area contributed by atoms with E-state index in [0.29, 0.717) is 36.3 Å². The number of nitrogens with zero attached hydrogens (tertiary/aromatic N) is 4. The van der Waals surface area contributed by atoms with Crippen molar-refractivity contribution in [1.82, 2.24) is 19.5 Å². The van der Waals surface area contributed by atoms with Crippen LogP contribution < -0.4 is 4.90 Å². The van der Waals surface area contributed by atoms with Crippen molar-refractivity contribution in [2.75, 3.05) is 31.1 Å². The molecule has 21 heavy (non-hydrogen) atoms. The van der Waals surface area contributed by atoms with Gasteiger partial charge in [0.1, 0.15) is 10.5 Å². The Hall–Kier alpha value is -1.45. The third kappa shape index (κ3) is 2.68. The SMILES string of the molecule is Cc1cc(S(=O)(=O)N2CCN(c3ncn[nH]3)CC2)sc1C. The van der Waals surface area contributed by atoms with E-state index in [0.717, 1.165) is 10.4 Å². The topological polar surface area (TPSA) is 82.2 Å². The van der Waals surface area contributed by atoms with Gasteiger partial charge in [-0.1, -0.05) is 0 Å². The normalized spacial score (nSPS) is 17.3. The van der Waals surface area contributed by atoms with Crippen LogP contribution in [-0.2, 0) is 10.0 Å². The van der Waals surface area contributed by atoms with E-state index in [4.69, 9.17) is 0 Å². The monoisotopic (exact) mass is 327 g/mol. The average Bonchev–Trinajstić information content (AvgIpc) is 3.10. The van der Waals surface area contributed by atoms with Crippen LogP contribution >= 0.6 is 11.3 Å². The second-order valence-corrected chi connectivity index (χ2v) is 8.43. The molecular formula is C12H17N5O2S2. The molecule has 0 aliphatic carbocycles. The van der Waals surface area contributed by atoms with E-state index >= 15 is 0 Å². The predicted molar refractivity (Wildman–Crippen MR) is 81.1 cm³/mol. The fourth-order valence-electron chi connectivity index (χ4n) is 2.29. The lowest BCUT2D eigenvalue weighted by molar-refractivity contribution is 0.383. The lowest BCUT2D eigenvalue weighted by atomic mass is 10.3.